The molecule has 3 N–H and O–H groups in total. The van der Waals surface area contributed by atoms with E-state index in [9.17, 15) is 8.42 Å². The molecule has 17 heavy (non-hydrogen) atoms. The van der Waals surface area contributed by atoms with Crippen molar-refractivity contribution in [2.24, 2.45) is 5.73 Å². The first-order chi connectivity index (χ1) is 7.90. The SMILES string of the molecule is COc1ccc(C)cc1S(=O)(=O)N[C@H](C)CN. The zero-order valence-electron chi connectivity index (χ0n) is 10.2. The maximum absolute atomic E-state index is 12.1. The molecule has 1 aromatic carbocycles. The van der Waals surface area contributed by atoms with Gasteiger partial charge in [0, 0.05) is 12.6 Å². The Balaban J connectivity index is 3.18. The molecule has 0 bridgehead atoms. The summed E-state index contributed by atoms with van der Waals surface area (Å²) in [7, 11) is -2.15. The van der Waals surface area contributed by atoms with Gasteiger partial charge < -0.3 is 10.5 Å². The quantitative estimate of drug-likeness (QED) is 0.811. The Morgan fingerprint density at radius 3 is 2.65 bits per heavy atom. The number of sulfonamides is 1. The van der Waals surface area contributed by atoms with E-state index in [1.165, 1.54) is 7.11 Å². The number of hydrogen-bond donors (Lipinski definition) is 2. The van der Waals surface area contributed by atoms with Crippen molar-refractivity contribution < 1.29 is 13.2 Å². The Hall–Kier alpha value is -1.11. The highest BCUT2D eigenvalue weighted by Gasteiger charge is 2.21. The van der Waals surface area contributed by atoms with Crippen molar-refractivity contribution in [3.8, 4) is 5.75 Å². The molecule has 0 aliphatic rings. The van der Waals surface area contributed by atoms with Crippen molar-refractivity contribution in [2.75, 3.05) is 13.7 Å². The van der Waals surface area contributed by atoms with E-state index in [4.69, 9.17) is 10.5 Å². The lowest BCUT2D eigenvalue weighted by molar-refractivity contribution is 0.402. The van der Waals surface area contributed by atoms with E-state index in [0.29, 0.717) is 5.75 Å². The third-order valence-electron chi connectivity index (χ3n) is 2.32. The van der Waals surface area contributed by atoms with Crippen molar-refractivity contribution in [3.63, 3.8) is 0 Å². The van der Waals surface area contributed by atoms with Crippen LogP contribution in [0.15, 0.2) is 23.1 Å². The van der Waals surface area contributed by atoms with E-state index in [2.05, 4.69) is 4.72 Å². The summed E-state index contributed by atoms with van der Waals surface area (Å²) in [4.78, 5) is 0.139. The molecular formula is C11H18N2O3S. The number of ether oxygens (including phenoxy) is 1. The van der Waals surface area contributed by atoms with Gasteiger partial charge in [-0.25, -0.2) is 13.1 Å². The van der Waals surface area contributed by atoms with Crippen LogP contribution >= 0.6 is 0 Å². The molecule has 0 unspecified atom stereocenters. The highest BCUT2D eigenvalue weighted by atomic mass is 32.2. The average Bonchev–Trinajstić information content (AvgIpc) is 2.28. The number of rotatable bonds is 5. The van der Waals surface area contributed by atoms with Crippen LogP contribution in [0.4, 0.5) is 0 Å². The van der Waals surface area contributed by atoms with Gasteiger partial charge in [0.1, 0.15) is 10.6 Å². The normalized spacial score (nSPS) is 13.4. The predicted molar refractivity (Wildman–Crippen MR) is 66.6 cm³/mol. The van der Waals surface area contributed by atoms with Gasteiger partial charge >= 0.3 is 0 Å². The third kappa shape index (κ3) is 3.42. The molecule has 96 valence electrons. The molecule has 6 heteroatoms. The van der Waals surface area contributed by atoms with E-state index in [-0.39, 0.29) is 17.5 Å². The summed E-state index contributed by atoms with van der Waals surface area (Å²) in [5.41, 5.74) is 6.25. The molecule has 0 aliphatic carbocycles. The van der Waals surface area contributed by atoms with Gasteiger partial charge in [-0.3, -0.25) is 0 Å². The van der Waals surface area contributed by atoms with E-state index >= 15 is 0 Å². The first-order valence-corrected chi connectivity index (χ1v) is 6.76. The summed E-state index contributed by atoms with van der Waals surface area (Å²) in [6, 6.07) is 4.69. The van der Waals surface area contributed by atoms with Crippen LogP contribution in [0.5, 0.6) is 5.75 Å². The molecule has 0 amide bonds. The van der Waals surface area contributed by atoms with Gasteiger partial charge in [0.2, 0.25) is 10.0 Å². The fourth-order valence-electron chi connectivity index (χ4n) is 1.37. The molecule has 0 heterocycles. The maximum atomic E-state index is 12.1. The van der Waals surface area contributed by atoms with E-state index in [0.717, 1.165) is 5.56 Å². The van der Waals surface area contributed by atoms with Crippen LogP contribution in [-0.4, -0.2) is 28.1 Å². The molecule has 0 saturated heterocycles. The summed E-state index contributed by atoms with van der Waals surface area (Å²) < 4.78 is 31.7. The third-order valence-corrected chi connectivity index (χ3v) is 3.93. The molecule has 0 saturated carbocycles. The van der Waals surface area contributed by atoms with Gasteiger partial charge in [-0.05, 0) is 31.5 Å². The zero-order valence-corrected chi connectivity index (χ0v) is 11.0. The fraction of sp³-hybridized carbons (Fsp3) is 0.455. The lowest BCUT2D eigenvalue weighted by Crippen LogP contribution is -2.37. The van der Waals surface area contributed by atoms with Crippen molar-refractivity contribution in [1.29, 1.82) is 0 Å². The van der Waals surface area contributed by atoms with Crippen LogP contribution in [0.25, 0.3) is 0 Å². The van der Waals surface area contributed by atoms with Gasteiger partial charge in [-0.1, -0.05) is 6.07 Å². The molecule has 0 aliphatic heterocycles. The molecule has 1 rings (SSSR count). The summed E-state index contributed by atoms with van der Waals surface area (Å²) in [5, 5.41) is 0. The minimum Gasteiger partial charge on any atom is -0.495 e. The van der Waals surface area contributed by atoms with Gasteiger partial charge in [-0.15, -0.1) is 0 Å². The van der Waals surface area contributed by atoms with Gasteiger partial charge in [0.05, 0.1) is 7.11 Å². The standard InChI is InChI=1S/C11H18N2O3S/c1-8-4-5-10(16-3)11(6-8)17(14,15)13-9(2)7-12/h4-6,9,13H,7,12H2,1-3H3/t9-/m1/s1. The molecule has 0 spiro atoms. The number of nitrogens with two attached hydrogens (primary N) is 1. The summed E-state index contributed by atoms with van der Waals surface area (Å²) in [6.07, 6.45) is 0. The Kier molecular flexibility index (Phi) is 4.50. The summed E-state index contributed by atoms with van der Waals surface area (Å²) in [5.74, 6) is 0.326. The fourth-order valence-corrected chi connectivity index (χ4v) is 2.88. The van der Waals surface area contributed by atoms with Crippen LogP contribution in [0, 0.1) is 6.92 Å². The number of aryl methyl sites for hydroxylation is 1. The Labute approximate surface area is 102 Å². The second kappa shape index (κ2) is 5.48. The van der Waals surface area contributed by atoms with E-state index in [1.54, 1.807) is 25.1 Å². The summed E-state index contributed by atoms with van der Waals surface area (Å²) in [6.45, 7) is 3.78. The molecule has 1 aromatic rings. The second-order valence-corrected chi connectivity index (χ2v) is 5.59. The van der Waals surface area contributed by atoms with E-state index < -0.39 is 10.0 Å². The van der Waals surface area contributed by atoms with Crippen molar-refractivity contribution in [2.45, 2.75) is 24.8 Å². The van der Waals surface area contributed by atoms with Crippen molar-refractivity contribution in [3.05, 3.63) is 23.8 Å². The number of benzene rings is 1. The van der Waals surface area contributed by atoms with Gasteiger partial charge in [-0.2, -0.15) is 0 Å². The van der Waals surface area contributed by atoms with Gasteiger partial charge in [0.25, 0.3) is 0 Å². The van der Waals surface area contributed by atoms with Crippen LogP contribution in [0.1, 0.15) is 12.5 Å². The Bertz CT molecular complexity index is 485. The zero-order chi connectivity index (χ0) is 13.1. The molecule has 5 nitrogen and oxygen atoms in total. The van der Waals surface area contributed by atoms with Crippen LogP contribution in [0.2, 0.25) is 0 Å². The monoisotopic (exact) mass is 258 g/mol. The lowest BCUT2D eigenvalue weighted by Gasteiger charge is -2.14. The average molecular weight is 258 g/mol. The van der Waals surface area contributed by atoms with Crippen LogP contribution < -0.4 is 15.2 Å². The van der Waals surface area contributed by atoms with E-state index in [1.807, 2.05) is 6.92 Å². The highest BCUT2D eigenvalue weighted by Crippen LogP contribution is 2.24. The first kappa shape index (κ1) is 14.0. The van der Waals surface area contributed by atoms with Crippen molar-refractivity contribution in [1.82, 2.24) is 4.72 Å². The number of hydrogen-bond acceptors (Lipinski definition) is 4. The Morgan fingerprint density at radius 1 is 1.47 bits per heavy atom. The lowest BCUT2D eigenvalue weighted by atomic mass is 10.2. The minimum atomic E-state index is -3.59. The predicted octanol–water partition coefficient (Wildman–Crippen LogP) is 0.629. The molecule has 1 atom stereocenters. The molecule has 0 aromatic heterocycles. The van der Waals surface area contributed by atoms with Crippen LogP contribution in [0.3, 0.4) is 0 Å². The van der Waals surface area contributed by atoms with Crippen molar-refractivity contribution >= 4 is 10.0 Å². The highest BCUT2D eigenvalue weighted by molar-refractivity contribution is 7.89. The largest absolute Gasteiger partial charge is 0.495 e. The minimum absolute atomic E-state index is 0.139. The molecule has 0 fully saturated rings. The molecular weight excluding hydrogens is 240 g/mol. The van der Waals surface area contributed by atoms with Gasteiger partial charge in [0.15, 0.2) is 0 Å². The molecule has 0 radical (unpaired) electrons. The van der Waals surface area contributed by atoms with Crippen LogP contribution in [-0.2, 0) is 10.0 Å². The second-order valence-electron chi connectivity index (χ2n) is 3.91. The topological polar surface area (TPSA) is 81.4 Å². The smallest absolute Gasteiger partial charge is 0.244 e. The maximum Gasteiger partial charge on any atom is 0.244 e. The first-order valence-electron chi connectivity index (χ1n) is 5.27. The number of nitrogens with one attached hydrogen (secondary N) is 1. The number of methoxy groups -OCH3 is 1. The Morgan fingerprint density at radius 2 is 2.12 bits per heavy atom. The summed E-state index contributed by atoms with van der Waals surface area (Å²) >= 11 is 0.